The van der Waals surface area contributed by atoms with Gasteiger partial charge in [0.05, 0.1) is 6.10 Å². The number of rotatable bonds is 9. The summed E-state index contributed by atoms with van der Waals surface area (Å²) in [7, 11) is 0. The molecule has 1 heterocycles. The van der Waals surface area contributed by atoms with E-state index in [-0.39, 0.29) is 0 Å². The standard InChI is InChI=1S/C25H35N3O2/c1-3-26-25(28-18-15-24(16-19-28)29-4-2)27-17-14-21-10-12-23(13-11-21)30-20-22-8-6-5-7-9-22/h5-13,24H,3-4,14-20H2,1-2H3,(H,26,27). The molecule has 3 rings (SSSR count). The highest BCUT2D eigenvalue weighted by atomic mass is 16.5. The summed E-state index contributed by atoms with van der Waals surface area (Å²) in [6.07, 6.45) is 3.46. The van der Waals surface area contributed by atoms with Gasteiger partial charge in [-0.1, -0.05) is 42.5 Å². The normalized spacial score (nSPS) is 15.3. The maximum Gasteiger partial charge on any atom is 0.193 e. The third-order valence-corrected chi connectivity index (χ3v) is 5.31. The van der Waals surface area contributed by atoms with Crippen LogP contribution in [0.15, 0.2) is 59.6 Å². The third kappa shape index (κ3) is 7.06. The van der Waals surface area contributed by atoms with Gasteiger partial charge in [0.25, 0.3) is 0 Å². The van der Waals surface area contributed by atoms with Crippen LogP contribution in [0.2, 0.25) is 0 Å². The van der Waals surface area contributed by atoms with E-state index >= 15 is 0 Å². The maximum atomic E-state index is 5.87. The number of guanidine groups is 1. The molecular formula is C25H35N3O2. The largest absolute Gasteiger partial charge is 0.489 e. The molecule has 1 saturated heterocycles. The van der Waals surface area contributed by atoms with E-state index in [2.05, 4.69) is 48.3 Å². The van der Waals surface area contributed by atoms with Crippen LogP contribution in [0.4, 0.5) is 0 Å². The molecule has 2 aromatic carbocycles. The Hall–Kier alpha value is -2.53. The van der Waals surface area contributed by atoms with Crippen molar-refractivity contribution in [3.8, 4) is 5.75 Å². The number of aliphatic imine (C=N–C) groups is 1. The van der Waals surface area contributed by atoms with Gasteiger partial charge in [0.1, 0.15) is 12.4 Å². The predicted octanol–water partition coefficient (Wildman–Crippen LogP) is 4.27. The Kier molecular flexibility index (Phi) is 9.04. The number of likely N-dealkylation sites (tertiary alicyclic amines) is 1. The lowest BCUT2D eigenvalue weighted by Gasteiger charge is -2.34. The van der Waals surface area contributed by atoms with Crippen molar-refractivity contribution in [1.82, 2.24) is 10.2 Å². The van der Waals surface area contributed by atoms with Crippen molar-refractivity contribution >= 4 is 5.96 Å². The molecule has 162 valence electrons. The first-order chi connectivity index (χ1) is 14.8. The van der Waals surface area contributed by atoms with Gasteiger partial charge in [-0.2, -0.15) is 0 Å². The summed E-state index contributed by atoms with van der Waals surface area (Å²) in [6.45, 7) is 9.26. The second kappa shape index (κ2) is 12.2. The van der Waals surface area contributed by atoms with Crippen LogP contribution >= 0.6 is 0 Å². The minimum absolute atomic E-state index is 0.400. The summed E-state index contributed by atoms with van der Waals surface area (Å²) < 4.78 is 11.6. The van der Waals surface area contributed by atoms with Crippen LogP contribution in [0.3, 0.4) is 0 Å². The Morgan fingerprint density at radius 3 is 2.40 bits per heavy atom. The van der Waals surface area contributed by atoms with E-state index in [1.807, 2.05) is 30.3 Å². The van der Waals surface area contributed by atoms with Gasteiger partial charge in [0, 0.05) is 32.8 Å². The quantitative estimate of drug-likeness (QED) is 0.496. The smallest absolute Gasteiger partial charge is 0.193 e. The lowest BCUT2D eigenvalue weighted by Crippen LogP contribution is -2.47. The van der Waals surface area contributed by atoms with Crippen LogP contribution in [0.25, 0.3) is 0 Å². The van der Waals surface area contributed by atoms with Crippen LogP contribution in [-0.2, 0) is 17.8 Å². The molecule has 0 radical (unpaired) electrons. The number of benzene rings is 2. The molecule has 5 heteroatoms. The Bertz CT molecular complexity index is 754. The van der Waals surface area contributed by atoms with Crippen LogP contribution in [0, 0.1) is 0 Å². The molecule has 0 aliphatic carbocycles. The van der Waals surface area contributed by atoms with Crippen molar-refractivity contribution in [2.75, 3.05) is 32.8 Å². The van der Waals surface area contributed by atoms with Gasteiger partial charge in [0.15, 0.2) is 5.96 Å². The zero-order valence-electron chi connectivity index (χ0n) is 18.3. The zero-order valence-corrected chi connectivity index (χ0v) is 18.3. The molecule has 1 fully saturated rings. The van der Waals surface area contributed by atoms with Crippen LogP contribution in [0.5, 0.6) is 5.75 Å². The lowest BCUT2D eigenvalue weighted by molar-refractivity contribution is 0.0264. The molecule has 0 spiro atoms. The predicted molar refractivity (Wildman–Crippen MR) is 123 cm³/mol. The van der Waals surface area contributed by atoms with Crippen molar-refractivity contribution in [2.24, 2.45) is 4.99 Å². The summed E-state index contributed by atoms with van der Waals surface area (Å²) in [5, 5.41) is 3.44. The fourth-order valence-corrected chi connectivity index (χ4v) is 3.68. The molecule has 1 aliphatic heterocycles. The van der Waals surface area contributed by atoms with E-state index in [9.17, 15) is 0 Å². The topological polar surface area (TPSA) is 46.1 Å². The van der Waals surface area contributed by atoms with E-state index in [1.165, 1.54) is 11.1 Å². The Morgan fingerprint density at radius 2 is 1.73 bits per heavy atom. The molecule has 2 aromatic rings. The molecule has 0 atom stereocenters. The molecule has 0 amide bonds. The van der Waals surface area contributed by atoms with Gasteiger partial charge in [-0.25, -0.2) is 0 Å². The first-order valence-electron chi connectivity index (χ1n) is 11.2. The molecule has 0 saturated carbocycles. The molecule has 0 aromatic heterocycles. The molecule has 0 unspecified atom stereocenters. The number of hydrogen-bond donors (Lipinski definition) is 1. The summed E-state index contributed by atoms with van der Waals surface area (Å²) in [6, 6.07) is 18.6. The third-order valence-electron chi connectivity index (χ3n) is 5.31. The van der Waals surface area contributed by atoms with Crippen LogP contribution < -0.4 is 10.1 Å². The number of nitrogens with zero attached hydrogens (tertiary/aromatic N) is 2. The van der Waals surface area contributed by atoms with Gasteiger partial charge in [0.2, 0.25) is 0 Å². The molecule has 30 heavy (non-hydrogen) atoms. The number of nitrogens with one attached hydrogen (secondary N) is 1. The monoisotopic (exact) mass is 409 g/mol. The van der Waals surface area contributed by atoms with Gasteiger partial charge in [-0.05, 0) is 56.4 Å². The van der Waals surface area contributed by atoms with Gasteiger partial charge in [-0.3, -0.25) is 4.99 Å². The number of hydrogen-bond acceptors (Lipinski definition) is 3. The van der Waals surface area contributed by atoms with Gasteiger partial charge in [-0.15, -0.1) is 0 Å². The summed E-state index contributed by atoms with van der Waals surface area (Å²) in [5.41, 5.74) is 2.45. The SMILES string of the molecule is CCNC(=NCCc1ccc(OCc2ccccc2)cc1)N1CCC(OCC)CC1. The summed E-state index contributed by atoms with van der Waals surface area (Å²) in [4.78, 5) is 7.22. The maximum absolute atomic E-state index is 5.87. The van der Waals surface area contributed by atoms with Crippen molar-refractivity contribution in [3.63, 3.8) is 0 Å². The highest BCUT2D eigenvalue weighted by molar-refractivity contribution is 5.80. The van der Waals surface area contributed by atoms with E-state index in [0.717, 1.165) is 63.8 Å². The van der Waals surface area contributed by atoms with E-state index < -0.39 is 0 Å². The summed E-state index contributed by atoms with van der Waals surface area (Å²) in [5.74, 6) is 1.92. The summed E-state index contributed by atoms with van der Waals surface area (Å²) >= 11 is 0. The van der Waals surface area contributed by atoms with Crippen LogP contribution in [0.1, 0.15) is 37.8 Å². The van der Waals surface area contributed by atoms with Crippen molar-refractivity contribution in [3.05, 3.63) is 65.7 Å². The Morgan fingerprint density at radius 1 is 1.00 bits per heavy atom. The Labute approximate surface area is 181 Å². The first kappa shape index (κ1) is 22.2. The number of piperidine rings is 1. The van der Waals surface area contributed by atoms with Gasteiger partial charge >= 0.3 is 0 Å². The average Bonchev–Trinajstić information content (AvgIpc) is 2.79. The fraction of sp³-hybridized carbons (Fsp3) is 0.480. The Balaban J connectivity index is 1.46. The minimum atomic E-state index is 0.400. The molecular weight excluding hydrogens is 374 g/mol. The van der Waals surface area contributed by atoms with Crippen molar-refractivity contribution < 1.29 is 9.47 Å². The van der Waals surface area contributed by atoms with E-state index in [1.54, 1.807) is 0 Å². The van der Waals surface area contributed by atoms with Crippen molar-refractivity contribution in [1.29, 1.82) is 0 Å². The highest BCUT2D eigenvalue weighted by Gasteiger charge is 2.21. The second-order valence-electron chi connectivity index (χ2n) is 7.55. The number of ether oxygens (including phenoxy) is 2. The van der Waals surface area contributed by atoms with Crippen molar-refractivity contribution in [2.45, 2.75) is 45.8 Å². The van der Waals surface area contributed by atoms with E-state index in [0.29, 0.717) is 12.7 Å². The zero-order chi connectivity index (χ0) is 21.0. The lowest BCUT2D eigenvalue weighted by atomic mass is 10.1. The molecule has 1 aliphatic rings. The minimum Gasteiger partial charge on any atom is -0.489 e. The fourth-order valence-electron chi connectivity index (χ4n) is 3.68. The average molecular weight is 410 g/mol. The van der Waals surface area contributed by atoms with Gasteiger partial charge < -0.3 is 19.7 Å². The highest BCUT2D eigenvalue weighted by Crippen LogP contribution is 2.16. The molecule has 0 bridgehead atoms. The van der Waals surface area contributed by atoms with E-state index in [4.69, 9.17) is 14.5 Å². The molecule has 5 nitrogen and oxygen atoms in total. The van der Waals surface area contributed by atoms with Crippen LogP contribution in [-0.4, -0.2) is 49.7 Å². The first-order valence-corrected chi connectivity index (χ1v) is 11.2. The molecule has 1 N–H and O–H groups in total. The second-order valence-corrected chi connectivity index (χ2v) is 7.55.